The minimum Gasteiger partial charge on any atom is -0.348 e. The van der Waals surface area contributed by atoms with E-state index in [0.717, 1.165) is 21.2 Å². The molecule has 3 rings (SSSR count). The molecule has 0 fully saturated rings. The fraction of sp³-hybridized carbons (Fsp3) is 0.292. The number of carbonyl (C=O) groups excluding carboxylic acids is 1. The summed E-state index contributed by atoms with van der Waals surface area (Å²) in [7, 11) is -3.97. The summed E-state index contributed by atoms with van der Waals surface area (Å²) in [5, 5.41) is 4.52. The molecular formula is C24H27FN2O3S2. The van der Waals surface area contributed by atoms with Gasteiger partial charge in [0, 0.05) is 0 Å². The zero-order chi connectivity index (χ0) is 23.5. The highest BCUT2D eigenvalue weighted by molar-refractivity contribution is 7.94. The number of halogens is 1. The highest BCUT2D eigenvalue weighted by Crippen LogP contribution is 2.27. The molecule has 0 aliphatic heterocycles. The maximum atomic E-state index is 13.4. The van der Waals surface area contributed by atoms with E-state index in [1.165, 1.54) is 35.9 Å². The van der Waals surface area contributed by atoms with Gasteiger partial charge in [-0.3, -0.25) is 9.10 Å². The molecule has 5 nitrogen and oxygen atoms in total. The third-order valence-corrected chi connectivity index (χ3v) is 8.24. The van der Waals surface area contributed by atoms with Crippen molar-refractivity contribution < 1.29 is 17.6 Å². The second kappa shape index (κ2) is 9.42. The zero-order valence-corrected chi connectivity index (χ0v) is 20.1. The first-order valence-corrected chi connectivity index (χ1v) is 12.5. The number of benzene rings is 2. The first-order valence-electron chi connectivity index (χ1n) is 10.2. The number of thiophene rings is 1. The molecule has 8 heteroatoms. The maximum absolute atomic E-state index is 13.4. The molecule has 0 bridgehead atoms. The fourth-order valence-electron chi connectivity index (χ4n) is 3.21. The molecule has 1 heterocycles. The van der Waals surface area contributed by atoms with Crippen LogP contribution in [0.3, 0.4) is 0 Å². The van der Waals surface area contributed by atoms with Crippen molar-refractivity contribution in [3.63, 3.8) is 0 Å². The molecular weight excluding hydrogens is 447 g/mol. The Labute approximate surface area is 193 Å². The lowest BCUT2D eigenvalue weighted by atomic mass is 9.86. The Bertz CT molecular complexity index is 1150. The normalized spacial score (nSPS) is 12.9. The van der Waals surface area contributed by atoms with Gasteiger partial charge in [-0.05, 0) is 59.2 Å². The van der Waals surface area contributed by atoms with Crippen LogP contribution in [0.1, 0.15) is 44.9 Å². The van der Waals surface area contributed by atoms with Crippen LogP contribution >= 0.6 is 11.3 Å². The monoisotopic (exact) mass is 474 g/mol. The van der Waals surface area contributed by atoms with Crippen molar-refractivity contribution in [3.8, 4) is 0 Å². The Morgan fingerprint density at radius 1 is 1.06 bits per heavy atom. The quantitative estimate of drug-likeness (QED) is 0.508. The molecule has 2 aromatic carbocycles. The number of rotatable bonds is 7. The third kappa shape index (κ3) is 5.55. The number of hydrogen-bond acceptors (Lipinski definition) is 4. The lowest BCUT2D eigenvalue weighted by Gasteiger charge is -2.25. The van der Waals surface area contributed by atoms with Gasteiger partial charge in [0.1, 0.15) is 16.6 Å². The molecule has 1 N–H and O–H groups in total. The Morgan fingerprint density at radius 2 is 1.69 bits per heavy atom. The van der Waals surface area contributed by atoms with Crippen molar-refractivity contribution in [1.82, 2.24) is 5.32 Å². The first kappa shape index (κ1) is 23.9. The second-order valence-electron chi connectivity index (χ2n) is 8.58. The van der Waals surface area contributed by atoms with E-state index < -0.39 is 28.3 Å². The summed E-state index contributed by atoms with van der Waals surface area (Å²) >= 11 is 1.06. The average molecular weight is 475 g/mol. The van der Waals surface area contributed by atoms with E-state index in [1.807, 2.05) is 31.2 Å². The molecule has 0 saturated heterocycles. The Hall–Kier alpha value is -2.71. The number of amides is 1. The molecule has 0 spiro atoms. The maximum Gasteiger partial charge on any atom is 0.274 e. The van der Waals surface area contributed by atoms with Crippen molar-refractivity contribution in [2.24, 2.45) is 0 Å². The van der Waals surface area contributed by atoms with Crippen molar-refractivity contribution >= 4 is 33.0 Å². The molecule has 0 radical (unpaired) electrons. The SMILES string of the molecule is CC(NC(=O)CN(c1ccc(F)cc1)S(=O)(=O)c1cccs1)c1ccc(C(C)(C)C)cc1. The van der Waals surface area contributed by atoms with Gasteiger partial charge in [0.2, 0.25) is 5.91 Å². The number of sulfonamides is 1. The largest absolute Gasteiger partial charge is 0.348 e. The van der Waals surface area contributed by atoms with Crippen LogP contribution in [0.2, 0.25) is 0 Å². The number of nitrogens with one attached hydrogen (secondary N) is 1. The molecule has 0 aliphatic rings. The highest BCUT2D eigenvalue weighted by atomic mass is 32.2. The number of hydrogen-bond donors (Lipinski definition) is 1. The van der Waals surface area contributed by atoms with Gasteiger partial charge in [-0.2, -0.15) is 0 Å². The molecule has 32 heavy (non-hydrogen) atoms. The van der Waals surface area contributed by atoms with Gasteiger partial charge in [-0.25, -0.2) is 12.8 Å². The summed E-state index contributed by atoms with van der Waals surface area (Å²) in [5.41, 5.74) is 2.35. The van der Waals surface area contributed by atoms with Crippen LogP contribution in [0.4, 0.5) is 10.1 Å². The predicted molar refractivity (Wildman–Crippen MR) is 127 cm³/mol. The molecule has 170 valence electrons. The third-order valence-electron chi connectivity index (χ3n) is 5.10. The Kier molecular flexibility index (Phi) is 7.05. The molecule has 0 saturated carbocycles. The first-order chi connectivity index (χ1) is 15.0. The van der Waals surface area contributed by atoms with Crippen molar-refractivity contribution in [1.29, 1.82) is 0 Å². The minimum atomic E-state index is -3.97. The van der Waals surface area contributed by atoms with E-state index >= 15 is 0 Å². The summed E-state index contributed by atoms with van der Waals surface area (Å²) in [6.45, 7) is 7.82. The molecule has 1 amide bonds. The van der Waals surface area contributed by atoms with Crippen molar-refractivity contribution in [2.45, 2.75) is 43.4 Å². The van der Waals surface area contributed by atoms with Gasteiger partial charge in [-0.1, -0.05) is 51.1 Å². The van der Waals surface area contributed by atoms with Crippen LogP contribution in [0.25, 0.3) is 0 Å². The summed E-state index contributed by atoms with van der Waals surface area (Å²) in [6.07, 6.45) is 0. The topological polar surface area (TPSA) is 66.5 Å². The van der Waals surface area contributed by atoms with E-state index in [9.17, 15) is 17.6 Å². The van der Waals surface area contributed by atoms with Crippen LogP contribution < -0.4 is 9.62 Å². The molecule has 1 atom stereocenters. The van der Waals surface area contributed by atoms with E-state index in [2.05, 4.69) is 26.1 Å². The van der Waals surface area contributed by atoms with Gasteiger partial charge >= 0.3 is 0 Å². The Morgan fingerprint density at radius 3 is 2.22 bits per heavy atom. The standard InChI is InChI=1S/C24H27FN2O3S2/c1-17(18-7-9-19(10-8-18)24(2,3)4)26-22(28)16-27(21-13-11-20(25)12-14-21)32(29,30)23-6-5-15-31-23/h5-15,17H,16H2,1-4H3,(H,26,28). The van der Waals surface area contributed by atoms with Gasteiger partial charge in [0.15, 0.2) is 0 Å². The summed E-state index contributed by atoms with van der Waals surface area (Å²) in [4.78, 5) is 12.8. The highest BCUT2D eigenvalue weighted by Gasteiger charge is 2.28. The van der Waals surface area contributed by atoms with Crippen LogP contribution in [-0.2, 0) is 20.2 Å². The average Bonchev–Trinajstić information content (AvgIpc) is 3.28. The number of nitrogens with zero attached hydrogens (tertiary/aromatic N) is 1. The fourth-order valence-corrected chi connectivity index (χ4v) is 5.74. The van der Waals surface area contributed by atoms with Crippen LogP contribution in [-0.4, -0.2) is 20.9 Å². The van der Waals surface area contributed by atoms with E-state index in [0.29, 0.717) is 0 Å². The molecule has 1 unspecified atom stereocenters. The minimum absolute atomic E-state index is 0.0246. The molecule has 1 aromatic heterocycles. The number of carbonyl (C=O) groups is 1. The summed E-state index contributed by atoms with van der Waals surface area (Å²) in [6, 6.07) is 15.8. The van der Waals surface area contributed by atoms with E-state index in [-0.39, 0.29) is 21.4 Å². The van der Waals surface area contributed by atoms with Crippen molar-refractivity contribution in [3.05, 3.63) is 83.0 Å². The summed E-state index contributed by atoms with van der Waals surface area (Å²) < 4.78 is 40.8. The van der Waals surface area contributed by atoms with Gasteiger partial charge in [0.25, 0.3) is 10.0 Å². The van der Waals surface area contributed by atoms with Gasteiger partial charge in [0.05, 0.1) is 11.7 Å². The molecule has 3 aromatic rings. The lowest BCUT2D eigenvalue weighted by Crippen LogP contribution is -2.41. The zero-order valence-electron chi connectivity index (χ0n) is 18.5. The van der Waals surface area contributed by atoms with Crippen molar-refractivity contribution in [2.75, 3.05) is 10.8 Å². The van der Waals surface area contributed by atoms with Gasteiger partial charge < -0.3 is 5.32 Å². The van der Waals surface area contributed by atoms with E-state index in [4.69, 9.17) is 0 Å². The van der Waals surface area contributed by atoms with Crippen LogP contribution in [0.5, 0.6) is 0 Å². The van der Waals surface area contributed by atoms with Crippen LogP contribution in [0, 0.1) is 5.82 Å². The predicted octanol–water partition coefficient (Wildman–Crippen LogP) is 5.26. The second-order valence-corrected chi connectivity index (χ2v) is 11.6. The summed E-state index contributed by atoms with van der Waals surface area (Å²) in [5.74, 6) is -0.944. The smallest absolute Gasteiger partial charge is 0.274 e. The lowest BCUT2D eigenvalue weighted by molar-refractivity contribution is -0.120. The molecule has 0 aliphatic carbocycles. The van der Waals surface area contributed by atoms with E-state index in [1.54, 1.807) is 11.4 Å². The van der Waals surface area contributed by atoms with Crippen LogP contribution in [0.15, 0.2) is 70.3 Å². The van der Waals surface area contributed by atoms with Gasteiger partial charge in [-0.15, -0.1) is 11.3 Å². The Balaban J connectivity index is 1.80. The number of anilines is 1.